The molecule has 5 rings (SSSR count). The van der Waals surface area contributed by atoms with Crippen LogP contribution in [0, 0.1) is 0 Å². The van der Waals surface area contributed by atoms with Crippen LogP contribution < -0.4 is 15.0 Å². The van der Waals surface area contributed by atoms with Crippen molar-refractivity contribution in [2.45, 2.75) is 31.6 Å². The summed E-state index contributed by atoms with van der Waals surface area (Å²) in [5.41, 5.74) is 1.14. The van der Waals surface area contributed by atoms with Crippen molar-refractivity contribution < 1.29 is 19.1 Å². The van der Waals surface area contributed by atoms with Crippen molar-refractivity contribution in [3.8, 4) is 5.75 Å². The average Bonchev–Trinajstić information content (AvgIpc) is 3.24. The largest absolute Gasteiger partial charge is 0.496 e. The highest BCUT2D eigenvalue weighted by Crippen LogP contribution is 2.45. The summed E-state index contributed by atoms with van der Waals surface area (Å²) in [5.74, 6) is -0.169. The van der Waals surface area contributed by atoms with Gasteiger partial charge in [-0.25, -0.2) is 0 Å². The van der Waals surface area contributed by atoms with Gasteiger partial charge in [0.05, 0.1) is 18.4 Å². The van der Waals surface area contributed by atoms with Crippen LogP contribution in [0.1, 0.15) is 34.3 Å². The van der Waals surface area contributed by atoms with Crippen molar-refractivity contribution in [3.63, 3.8) is 0 Å². The number of methoxy groups -OCH3 is 1. The minimum atomic E-state index is -1.44. The minimum absolute atomic E-state index is 0.176. The Morgan fingerprint density at radius 3 is 2.47 bits per heavy atom. The zero-order valence-electron chi connectivity index (χ0n) is 18.9. The summed E-state index contributed by atoms with van der Waals surface area (Å²) in [7, 11) is 1.58. The molecule has 0 saturated carbocycles. The number of benzene rings is 3. The number of ether oxygens (including phenoxy) is 1. The average molecular weight is 456 g/mol. The first-order valence-electron chi connectivity index (χ1n) is 11.2. The van der Waals surface area contributed by atoms with E-state index in [1.165, 1.54) is 4.90 Å². The van der Waals surface area contributed by atoms with Crippen LogP contribution in [0.15, 0.2) is 78.9 Å². The Balaban J connectivity index is 1.57. The lowest BCUT2D eigenvalue weighted by Gasteiger charge is -2.49. The first-order chi connectivity index (χ1) is 16.6. The molecule has 1 fully saturated rings. The Morgan fingerprint density at radius 2 is 1.68 bits per heavy atom. The van der Waals surface area contributed by atoms with Crippen molar-refractivity contribution in [2.75, 3.05) is 12.0 Å². The van der Waals surface area contributed by atoms with Gasteiger partial charge in [0.25, 0.3) is 11.8 Å². The lowest BCUT2D eigenvalue weighted by atomic mass is 9.94. The fourth-order valence-electron chi connectivity index (χ4n) is 4.94. The molecule has 1 unspecified atom stereocenters. The maximum atomic E-state index is 13.9. The van der Waals surface area contributed by atoms with Gasteiger partial charge < -0.3 is 15.0 Å². The number of para-hydroxylation sites is 2. The molecule has 2 aliphatic heterocycles. The van der Waals surface area contributed by atoms with Gasteiger partial charge in [-0.15, -0.1) is 0 Å². The summed E-state index contributed by atoms with van der Waals surface area (Å²) in [6.45, 7) is 0.418. The van der Waals surface area contributed by atoms with Gasteiger partial charge in [-0.2, -0.15) is 0 Å². The summed E-state index contributed by atoms with van der Waals surface area (Å²) in [6.07, 6.45) is 0.394. The molecule has 172 valence electrons. The number of carbonyl (C=O) groups is 3. The number of amides is 3. The predicted molar refractivity (Wildman–Crippen MR) is 127 cm³/mol. The molecule has 0 aromatic heterocycles. The molecule has 3 amide bonds. The van der Waals surface area contributed by atoms with Crippen LogP contribution in [-0.2, 0) is 22.7 Å². The molecular weight excluding hydrogens is 430 g/mol. The Hall–Kier alpha value is -4.13. The maximum Gasteiger partial charge on any atom is 0.267 e. The van der Waals surface area contributed by atoms with E-state index >= 15 is 0 Å². The zero-order valence-corrected chi connectivity index (χ0v) is 18.9. The van der Waals surface area contributed by atoms with E-state index in [0.717, 1.165) is 11.1 Å². The SMILES string of the molecule is COc1ccccc1CNC(=O)C12CCC(=O)N1c1ccccc1C(=O)N2Cc1ccccc1. The third-order valence-electron chi connectivity index (χ3n) is 6.55. The van der Waals surface area contributed by atoms with Crippen LogP contribution in [0.2, 0.25) is 0 Å². The van der Waals surface area contributed by atoms with Gasteiger partial charge >= 0.3 is 0 Å². The van der Waals surface area contributed by atoms with Crippen LogP contribution in [0.3, 0.4) is 0 Å². The number of nitrogens with zero attached hydrogens (tertiary/aromatic N) is 2. The molecule has 0 radical (unpaired) electrons. The molecule has 1 N–H and O–H groups in total. The number of hydrogen-bond donors (Lipinski definition) is 1. The summed E-state index contributed by atoms with van der Waals surface area (Å²) in [4.78, 5) is 43.9. The summed E-state index contributed by atoms with van der Waals surface area (Å²) in [6, 6.07) is 23.9. The number of hydrogen-bond acceptors (Lipinski definition) is 4. The number of fused-ring (bicyclic) bond motifs is 3. The Kier molecular flexibility index (Phi) is 5.53. The van der Waals surface area contributed by atoms with Gasteiger partial charge in [0, 0.05) is 31.5 Å². The third-order valence-corrected chi connectivity index (χ3v) is 6.55. The van der Waals surface area contributed by atoms with Crippen molar-refractivity contribution in [1.82, 2.24) is 10.2 Å². The quantitative estimate of drug-likeness (QED) is 0.617. The first kappa shape index (κ1) is 21.7. The highest BCUT2D eigenvalue weighted by Gasteiger charge is 2.60. The van der Waals surface area contributed by atoms with Crippen LogP contribution in [-0.4, -0.2) is 35.4 Å². The van der Waals surface area contributed by atoms with Gasteiger partial charge in [-0.3, -0.25) is 19.3 Å². The summed E-state index contributed by atoms with van der Waals surface area (Å²) < 4.78 is 5.41. The second kappa shape index (κ2) is 8.67. The van der Waals surface area contributed by atoms with Gasteiger partial charge in [-0.1, -0.05) is 60.7 Å². The molecule has 7 nitrogen and oxygen atoms in total. The Labute approximate surface area is 197 Å². The highest BCUT2D eigenvalue weighted by atomic mass is 16.5. The molecule has 3 aromatic carbocycles. The topological polar surface area (TPSA) is 79.0 Å². The molecule has 1 atom stereocenters. The van der Waals surface area contributed by atoms with Gasteiger partial charge in [0.15, 0.2) is 0 Å². The molecule has 1 saturated heterocycles. The number of rotatable bonds is 6. The predicted octanol–water partition coefficient (Wildman–Crippen LogP) is 3.49. The van der Waals surface area contributed by atoms with E-state index in [1.807, 2.05) is 54.6 Å². The second-order valence-corrected chi connectivity index (χ2v) is 8.43. The molecule has 34 heavy (non-hydrogen) atoms. The molecule has 2 aliphatic rings. The van der Waals surface area contributed by atoms with Crippen LogP contribution in [0.4, 0.5) is 5.69 Å². The fourth-order valence-corrected chi connectivity index (χ4v) is 4.94. The van der Waals surface area contributed by atoms with Gasteiger partial charge in [0.2, 0.25) is 11.6 Å². The van der Waals surface area contributed by atoms with Crippen molar-refractivity contribution in [3.05, 3.63) is 95.6 Å². The number of carbonyl (C=O) groups excluding carboxylic acids is 3. The van der Waals surface area contributed by atoms with E-state index in [2.05, 4.69) is 5.32 Å². The van der Waals surface area contributed by atoms with Crippen molar-refractivity contribution >= 4 is 23.4 Å². The number of anilines is 1. The fraction of sp³-hybridized carbons (Fsp3) is 0.222. The first-order valence-corrected chi connectivity index (χ1v) is 11.2. The van der Waals surface area contributed by atoms with Gasteiger partial charge in [0.1, 0.15) is 5.75 Å². The molecule has 0 aliphatic carbocycles. The lowest BCUT2D eigenvalue weighted by Crippen LogP contribution is -2.70. The highest BCUT2D eigenvalue weighted by molar-refractivity contribution is 6.16. The van der Waals surface area contributed by atoms with Crippen molar-refractivity contribution in [1.29, 1.82) is 0 Å². The van der Waals surface area contributed by atoms with Gasteiger partial charge in [-0.05, 0) is 23.8 Å². The molecule has 7 heteroatoms. The standard InChI is InChI=1S/C27H25N3O4/c1-34-23-14-8-5-11-20(23)17-28-26(33)27-16-15-24(31)30(27)22-13-7-6-12-21(22)25(32)29(27)18-19-9-3-2-4-10-19/h2-14H,15-18H2,1H3,(H,28,33). The van der Waals surface area contributed by atoms with Crippen LogP contribution in [0.5, 0.6) is 5.75 Å². The third kappa shape index (κ3) is 3.41. The molecule has 0 bridgehead atoms. The van der Waals surface area contributed by atoms with E-state index in [4.69, 9.17) is 4.74 Å². The molecule has 2 heterocycles. The normalized spacial score (nSPS) is 19.0. The molecular formula is C27H25N3O4. The smallest absolute Gasteiger partial charge is 0.267 e. The minimum Gasteiger partial charge on any atom is -0.496 e. The van der Waals surface area contributed by atoms with E-state index < -0.39 is 5.66 Å². The van der Waals surface area contributed by atoms with Crippen LogP contribution >= 0.6 is 0 Å². The maximum absolute atomic E-state index is 13.9. The van der Waals surface area contributed by atoms with E-state index in [0.29, 0.717) is 17.0 Å². The van der Waals surface area contributed by atoms with Crippen LogP contribution in [0.25, 0.3) is 0 Å². The summed E-state index contributed by atoms with van der Waals surface area (Å²) >= 11 is 0. The van der Waals surface area contributed by atoms with E-state index in [9.17, 15) is 14.4 Å². The monoisotopic (exact) mass is 455 g/mol. The van der Waals surface area contributed by atoms with E-state index in [1.54, 1.807) is 36.3 Å². The number of nitrogens with one attached hydrogen (secondary N) is 1. The van der Waals surface area contributed by atoms with Crippen molar-refractivity contribution in [2.24, 2.45) is 0 Å². The Bertz CT molecular complexity index is 1260. The lowest BCUT2D eigenvalue weighted by molar-refractivity contribution is -0.134. The summed E-state index contributed by atoms with van der Waals surface area (Å²) in [5, 5.41) is 2.99. The second-order valence-electron chi connectivity index (χ2n) is 8.43. The zero-order chi connectivity index (χ0) is 23.7. The molecule has 3 aromatic rings. The van der Waals surface area contributed by atoms with E-state index in [-0.39, 0.29) is 43.7 Å². The molecule has 0 spiro atoms. The Morgan fingerprint density at radius 1 is 0.971 bits per heavy atom.